The van der Waals surface area contributed by atoms with Gasteiger partial charge in [0, 0.05) is 11.0 Å². The molecule has 2 rings (SSSR count). The number of hydrogen-bond donors (Lipinski definition) is 0. The highest BCUT2D eigenvalue weighted by Crippen LogP contribution is 2.57. The summed E-state index contributed by atoms with van der Waals surface area (Å²) >= 11 is 0. The van der Waals surface area contributed by atoms with Crippen molar-refractivity contribution in [2.24, 2.45) is 16.7 Å². The van der Waals surface area contributed by atoms with Gasteiger partial charge in [-0.15, -0.1) is 0 Å². The Kier molecular flexibility index (Phi) is 2.02. The monoisotopic (exact) mass is 204 g/mol. The Bertz CT molecular complexity index is 380. The van der Waals surface area contributed by atoms with Gasteiger partial charge in [-0.3, -0.25) is 4.79 Å². The fourth-order valence-corrected chi connectivity index (χ4v) is 2.97. The van der Waals surface area contributed by atoms with Gasteiger partial charge in [0.1, 0.15) is 0 Å². The van der Waals surface area contributed by atoms with Crippen molar-refractivity contribution in [1.29, 1.82) is 0 Å². The van der Waals surface area contributed by atoms with Crippen LogP contribution in [0.5, 0.6) is 0 Å². The van der Waals surface area contributed by atoms with Crippen molar-refractivity contribution in [1.82, 2.24) is 0 Å². The van der Waals surface area contributed by atoms with Crippen LogP contribution in [0, 0.1) is 16.7 Å². The summed E-state index contributed by atoms with van der Waals surface area (Å²) < 4.78 is 0. The average molecular weight is 204 g/mol. The predicted octanol–water partition coefficient (Wildman–Crippen LogP) is 3.51. The van der Waals surface area contributed by atoms with Gasteiger partial charge < -0.3 is 0 Å². The topological polar surface area (TPSA) is 17.1 Å². The smallest absolute Gasteiger partial charge is 0.169 e. The maximum absolute atomic E-state index is 12.3. The molecule has 1 heteroatoms. The van der Waals surface area contributed by atoms with Crippen molar-refractivity contribution in [3.05, 3.63) is 23.3 Å². The zero-order chi connectivity index (χ0) is 11.4. The van der Waals surface area contributed by atoms with Crippen LogP contribution in [0.4, 0.5) is 0 Å². The Hall–Kier alpha value is -0.850. The molecule has 0 amide bonds. The van der Waals surface area contributed by atoms with Crippen molar-refractivity contribution < 1.29 is 4.79 Å². The van der Waals surface area contributed by atoms with Gasteiger partial charge in [0.15, 0.2) is 5.78 Å². The molecule has 82 valence electrons. The van der Waals surface area contributed by atoms with E-state index in [9.17, 15) is 4.79 Å². The van der Waals surface area contributed by atoms with Crippen LogP contribution in [-0.2, 0) is 4.79 Å². The summed E-state index contributed by atoms with van der Waals surface area (Å²) in [6.07, 6.45) is 5.25. The molecule has 15 heavy (non-hydrogen) atoms. The standard InChI is InChI=1S/C14H20O/c1-9-7-6-8-10-11(9)13(2,3)14(4,5)12(10)15/h6,8-9H,7H2,1-5H3. The lowest BCUT2D eigenvalue weighted by Gasteiger charge is -2.38. The molecule has 0 saturated heterocycles. The summed E-state index contributed by atoms with van der Waals surface area (Å²) in [7, 11) is 0. The predicted molar refractivity (Wildman–Crippen MR) is 62.5 cm³/mol. The van der Waals surface area contributed by atoms with Gasteiger partial charge in [-0.2, -0.15) is 0 Å². The first kappa shape index (κ1) is 10.7. The molecule has 1 atom stereocenters. The maximum Gasteiger partial charge on any atom is 0.169 e. The highest BCUT2D eigenvalue weighted by Gasteiger charge is 2.54. The molecule has 0 aromatic heterocycles. The first-order chi connectivity index (χ1) is 6.80. The van der Waals surface area contributed by atoms with Crippen LogP contribution in [0.2, 0.25) is 0 Å². The molecule has 0 aromatic rings. The molecule has 2 aliphatic carbocycles. The van der Waals surface area contributed by atoms with Crippen molar-refractivity contribution in [3.63, 3.8) is 0 Å². The van der Waals surface area contributed by atoms with Gasteiger partial charge in [-0.05, 0) is 23.3 Å². The Morgan fingerprint density at radius 2 is 1.80 bits per heavy atom. The molecule has 0 heterocycles. The molecular weight excluding hydrogens is 184 g/mol. The van der Waals surface area contributed by atoms with Gasteiger partial charge in [-0.25, -0.2) is 0 Å². The Morgan fingerprint density at radius 3 is 2.33 bits per heavy atom. The van der Waals surface area contributed by atoms with E-state index in [1.54, 1.807) is 0 Å². The first-order valence-electron chi connectivity index (χ1n) is 5.76. The van der Waals surface area contributed by atoms with Crippen LogP contribution in [0.3, 0.4) is 0 Å². The minimum Gasteiger partial charge on any atom is -0.294 e. The van der Waals surface area contributed by atoms with E-state index in [0.29, 0.717) is 11.7 Å². The van der Waals surface area contributed by atoms with E-state index in [1.165, 1.54) is 5.57 Å². The van der Waals surface area contributed by atoms with Crippen LogP contribution in [0.15, 0.2) is 23.3 Å². The quantitative estimate of drug-likeness (QED) is 0.590. The van der Waals surface area contributed by atoms with Gasteiger partial charge in [0.25, 0.3) is 0 Å². The second kappa shape index (κ2) is 2.84. The third-order valence-electron chi connectivity index (χ3n) is 4.61. The molecule has 1 nitrogen and oxygen atoms in total. The van der Waals surface area contributed by atoms with E-state index in [2.05, 4.69) is 40.7 Å². The normalized spacial score (nSPS) is 32.1. The molecular formula is C14H20O. The summed E-state index contributed by atoms with van der Waals surface area (Å²) in [5.41, 5.74) is 2.12. The highest BCUT2D eigenvalue weighted by atomic mass is 16.1. The largest absolute Gasteiger partial charge is 0.294 e. The minimum absolute atomic E-state index is 0.00356. The maximum atomic E-state index is 12.3. The molecule has 0 spiro atoms. The Morgan fingerprint density at radius 1 is 1.20 bits per heavy atom. The summed E-state index contributed by atoms with van der Waals surface area (Å²) in [6, 6.07) is 0. The number of carbonyl (C=O) groups is 1. The van der Waals surface area contributed by atoms with Gasteiger partial charge in [0.2, 0.25) is 0 Å². The Balaban J connectivity index is 2.63. The van der Waals surface area contributed by atoms with Crippen LogP contribution in [0.25, 0.3) is 0 Å². The molecule has 0 radical (unpaired) electrons. The van der Waals surface area contributed by atoms with E-state index in [4.69, 9.17) is 0 Å². The number of allylic oxidation sites excluding steroid dienone is 4. The van der Waals surface area contributed by atoms with Crippen molar-refractivity contribution in [2.75, 3.05) is 0 Å². The van der Waals surface area contributed by atoms with Crippen LogP contribution in [0.1, 0.15) is 41.0 Å². The summed E-state index contributed by atoms with van der Waals surface area (Å²) in [4.78, 5) is 12.3. The Labute approximate surface area is 92.3 Å². The number of hydrogen-bond acceptors (Lipinski definition) is 1. The van der Waals surface area contributed by atoms with Crippen molar-refractivity contribution >= 4 is 5.78 Å². The molecule has 0 N–H and O–H groups in total. The number of carbonyl (C=O) groups excluding carboxylic acids is 1. The molecule has 1 unspecified atom stereocenters. The second-order valence-corrected chi connectivity index (χ2v) is 5.95. The van der Waals surface area contributed by atoms with Crippen LogP contribution < -0.4 is 0 Å². The molecule has 0 aliphatic heterocycles. The van der Waals surface area contributed by atoms with E-state index in [0.717, 1.165) is 12.0 Å². The van der Waals surface area contributed by atoms with E-state index in [1.807, 2.05) is 6.08 Å². The van der Waals surface area contributed by atoms with Gasteiger partial charge in [-0.1, -0.05) is 46.8 Å². The van der Waals surface area contributed by atoms with Crippen molar-refractivity contribution in [2.45, 2.75) is 41.0 Å². The van der Waals surface area contributed by atoms with E-state index >= 15 is 0 Å². The third kappa shape index (κ3) is 1.12. The second-order valence-electron chi connectivity index (χ2n) is 5.95. The number of rotatable bonds is 0. The molecule has 0 saturated carbocycles. The lowest BCUT2D eigenvalue weighted by Crippen LogP contribution is -2.35. The molecule has 2 aliphatic rings. The molecule has 0 fully saturated rings. The lowest BCUT2D eigenvalue weighted by molar-refractivity contribution is -0.125. The highest BCUT2D eigenvalue weighted by molar-refractivity contribution is 6.06. The fraction of sp³-hybridized carbons (Fsp3) is 0.643. The van der Waals surface area contributed by atoms with Crippen molar-refractivity contribution in [3.8, 4) is 0 Å². The van der Waals surface area contributed by atoms with Gasteiger partial charge >= 0.3 is 0 Å². The third-order valence-corrected chi connectivity index (χ3v) is 4.61. The minimum atomic E-state index is -0.249. The van der Waals surface area contributed by atoms with Crippen LogP contribution >= 0.6 is 0 Å². The summed E-state index contributed by atoms with van der Waals surface area (Å²) in [6.45, 7) is 10.8. The summed E-state index contributed by atoms with van der Waals surface area (Å²) in [5, 5.41) is 0. The zero-order valence-electron chi connectivity index (χ0n) is 10.3. The summed E-state index contributed by atoms with van der Waals surface area (Å²) in [5.74, 6) is 0.844. The first-order valence-corrected chi connectivity index (χ1v) is 5.76. The molecule has 0 bridgehead atoms. The number of Topliss-reactive ketones (excluding diaryl/α,β-unsaturated/α-hetero) is 1. The van der Waals surface area contributed by atoms with Crippen LogP contribution in [-0.4, -0.2) is 5.78 Å². The fourth-order valence-electron chi connectivity index (χ4n) is 2.97. The van der Waals surface area contributed by atoms with Gasteiger partial charge in [0.05, 0.1) is 0 Å². The lowest BCUT2D eigenvalue weighted by atomic mass is 9.64. The SMILES string of the molecule is CC1CC=CC2=C1C(C)(C)C(C)(C)C2=O. The zero-order valence-corrected chi connectivity index (χ0v) is 10.3. The van der Waals surface area contributed by atoms with E-state index in [-0.39, 0.29) is 10.8 Å². The number of ketones is 1. The average Bonchev–Trinajstić information content (AvgIpc) is 2.27. The molecule has 0 aromatic carbocycles. The van der Waals surface area contributed by atoms with E-state index < -0.39 is 0 Å².